The van der Waals surface area contributed by atoms with E-state index in [9.17, 15) is 0 Å². The third kappa shape index (κ3) is 4.33. The number of terminal acetylenes is 1. The van der Waals surface area contributed by atoms with E-state index < -0.39 is 0 Å². The van der Waals surface area contributed by atoms with Gasteiger partial charge in [0.05, 0.1) is 11.6 Å². The minimum atomic E-state index is 0.192. The minimum Gasteiger partial charge on any atom is -0.493 e. The molecule has 0 amide bonds. The van der Waals surface area contributed by atoms with Gasteiger partial charge in [-0.3, -0.25) is 0 Å². The van der Waals surface area contributed by atoms with Gasteiger partial charge < -0.3 is 14.8 Å². The van der Waals surface area contributed by atoms with E-state index in [0.29, 0.717) is 23.1 Å². The molecule has 3 nitrogen and oxygen atoms in total. The van der Waals surface area contributed by atoms with Crippen molar-refractivity contribution in [2.75, 3.05) is 19.0 Å². The molecule has 0 unspecified atom stereocenters. The summed E-state index contributed by atoms with van der Waals surface area (Å²) in [5.41, 5.74) is 2.04. The first kappa shape index (κ1) is 16.5. The molecule has 0 bridgehead atoms. The maximum atomic E-state index is 5.87. The fourth-order valence-corrected chi connectivity index (χ4v) is 2.63. The van der Waals surface area contributed by atoms with Crippen LogP contribution in [0, 0.1) is 12.3 Å². The highest BCUT2D eigenvalue weighted by Gasteiger charge is 2.11. The zero-order valence-electron chi connectivity index (χ0n) is 12.0. The number of hydrogen-bond acceptors (Lipinski definition) is 3. The molecule has 1 N–H and O–H groups in total. The molecule has 0 aliphatic heterocycles. The van der Waals surface area contributed by atoms with E-state index in [2.05, 4.69) is 27.2 Å². The second-order valence-corrected chi connectivity index (χ2v) is 5.75. The molecule has 0 atom stereocenters. The van der Waals surface area contributed by atoms with E-state index in [-0.39, 0.29) is 6.61 Å². The van der Waals surface area contributed by atoms with Crippen molar-refractivity contribution in [1.29, 1.82) is 0 Å². The van der Waals surface area contributed by atoms with Gasteiger partial charge in [0.1, 0.15) is 6.61 Å². The Kier molecular flexibility index (Phi) is 6.00. The summed E-state index contributed by atoms with van der Waals surface area (Å²) in [6.07, 6.45) is 5.22. The average molecular weight is 381 g/mol. The monoisotopic (exact) mass is 379 g/mol. The number of nitrogens with one attached hydrogen (secondary N) is 1. The highest BCUT2D eigenvalue weighted by atomic mass is 79.9. The van der Waals surface area contributed by atoms with Crippen LogP contribution in [0.3, 0.4) is 0 Å². The zero-order valence-corrected chi connectivity index (χ0v) is 14.4. The van der Waals surface area contributed by atoms with E-state index in [1.54, 1.807) is 7.11 Å². The van der Waals surface area contributed by atoms with Crippen LogP contribution in [0.15, 0.2) is 40.9 Å². The van der Waals surface area contributed by atoms with Crippen LogP contribution < -0.4 is 14.8 Å². The highest BCUT2D eigenvalue weighted by Crippen LogP contribution is 2.36. The lowest BCUT2D eigenvalue weighted by atomic mass is 10.2. The molecule has 0 fully saturated rings. The summed E-state index contributed by atoms with van der Waals surface area (Å²) < 4.78 is 11.7. The van der Waals surface area contributed by atoms with Crippen molar-refractivity contribution in [2.24, 2.45) is 0 Å². The van der Waals surface area contributed by atoms with Gasteiger partial charge in [-0.15, -0.1) is 6.42 Å². The van der Waals surface area contributed by atoms with Gasteiger partial charge in [-0.05, 0) is 57.9 Å². The van der Waals surface area contributed by atoms with Crippen LogP contribution in [-0.4, -0.2) is 13.7 Å². The average Bonchev–Trinajstić information content (AvgIpc) is 2.53. The Labute approximate surface area is 143 Å². The first-order valence-corrected chi connectivity index (χ1v) is 7.73. The lowest BCUT2D eigenvalue weighted by Gasteiger charge is -2.14. The number of hydrogen-bond donors (Lipinski definition) is 1. The van der Waals surface area contributed by atoms with E-state index in [4.69, 9.17) is 27.5 Å². The first-order valence-electron chi connectivity index (χ1n) is 6.56. The van der Waals surface area contributed by atoms with Gasteiger partial charge >= 0.3 is 0 Å². The Morgan fingerprint density at radius 3 is 2.64 bits per heavy atom. The summed E-state index contributed by atoms with van der Waals surface area (Å²) in [5.74, 6) is 3.68. The maximum absolute atomic E-state index is 5.87. The number of benzene rings is 2. The summed E-state index contributed by atoms with van der Waals surface area (Å²) >= 11 is 9.36. The second-order valence-electron chi connectivity index (χ2n) is 4.46. The summed E-state index contributed by atoms with van der Waals surface area (Å²) in [7, 11) is 1.60. The lowest BCUT2D eigenvalue weighted by Crippen LogP contribution is -2.02. The topological polar surface area (TPSA) is 30.5 Å². The third-order valence-corrected chi connectivity index (χ3v) is 3.77. The molecular weight excluding hydrogens is 366 g/mol. The van der Waals surface area contributed by atoms with E-state index in [1.807, 2.05) is 36.4 Å². The number of methoxy groups -OCH3 is 1. The molecule has 0 heterocycles. The molecule has 2 aromatic carbocycles. The predicted molar refractivity (Wildman–Crippen MR) is 93.8 cm³/mol. The summed E-state index contributed by atoms with van der Waals surface area (Å²) in [5, 5.41) is 4.03. The van der Waals surface area contributed by atoms with Gasteiger partial charge in [-0.2, -0.15) is 0 Å². The quantitative estimate of drug-likeness (QED) is 0.735. The standard InChI is InChI=1S/C17H15BrClNO2/c1-3-8-22-17-15(18)9-12(10-16(17)21-2)11-20-14-6-4-13(19)5-7-14/h1,4-7,9-10,20H,8,11H2,2H3. The smallest absolute Gasteiger partial charge is 0.176 e. The van der Waals surface area contributed by atoms with Crippen molar-refractivity contribution in [3.8, 4) is 23.8 Å². The van der Waals surface area contributed by atoms with Gasteiger partial charge in [-0.25, -0.2) is 0 Å². The Morgan fingerprint density at radius 1 is 1.27 bits per heavy atom. The Balaban J connectivity index is 2.13. The number of rotatable bonds is 6. The maximum Gasteiger partial charge on any atom is 0.176 e. The highest BCUT2D eigenvalue weighted by molar-refractivity contribution is 9.10. The molecule has 0 spiro atoms. The predicted octanol–water partition coefficient (Wildman–Crippen LogP) is 4.74. The van der Waals surface area contributed by atoms with Crippen molar-refractivity contribution < 1.29 is 9.47 Å². The molecule has 0 aromatic heterocycles. The Morgan fingerprint density at radius 2 is 2.00 bits per heavy atom. The van der Waals surface area contributed by atoms with Crippen LogP contribution in [0.1, 0.15) is 5.56 Å². The largest absolute Gasteiger partial charge is 0.493 e. The van der Waals surface area contributed by atoms with Gasteiger partial charge in [0.25, 0.3) is 0 Å². The summed E-state index contributed by atoms with van der Waals surface area (Å²) in [6, 6.07) is 11.4. The van der Waals surface area contributed by atoms with Gasteiger partial charge in [0.2, 0.25) is 0 Å². The molecule has 5 heteroatoms. The second kappa shape index (κ2) is 7.98. The van der Waals surface area contributed by atoms with Gasteiger partial charge in [0.15, 0.2) is 11.5 Å². The molecular formula is C17H15BrClNO2. The van der Waals surface area contributed by atoms with Crippen LogP contribution in [-0.2, 0) is 6.54 Å². The number of ether oxygens (including phenoxy) is 2. The summed E-state index contributed by atoms with van der Waals surface area (Å²) in [4.78, 5) is 0. The van der Waals surface area contributed by atoms with Crippen molar-refractivity contribution in [1.82, 2.24) is 0 Å². The lowest BCUT2D eigenvalue weighted by molar-refractivity contribution is 0.328. The molecule has 0 saturated heterocycles. The van der Waals surface area contributed by atoms with Crippen LogP contribution in [0.2, 0.25) is 5.02 Å². The van der Waals surface area contributed by atoms with E-state index in [1.165, 1.54) is 0 Å². The van der Waals surface area contributed by atoms with Crippen molar-refractivity contribution >= 4 is 33.2 Å². The molecule has 0 aliphatic rings. The number of anilines is 1. The zero-order chi connectivity index (χ0) is 15.9. The molecule has 22 heavy (non-hydrogen) atoms. The van der Waals surface area contributed by atoms with Crippen molar-refractivity contribution in [3.05, 3.63) is 51.5 Å². The summed E-state index contributed by atoms with van der Waals surface area (Å²) in [6.45, 7) is 0.837. The Bertz CT molecular complexity index is 680. The Hall–Kier alpha value is -1.83. The molecule has 2 rings (SSSR count). The van der Waals surface area contributed by atoms with Crippen LogP contribution in [0.4, 0.5) is 5.69 Å². The van der Waals surface area contributed by atoms with Crippen LogP contribution in [0.25, 0.3) is 0 Å². The van der Waals surface area contributed by atoms with Crippen molar-refractivity contribution in [3.63, 3.8) is 0 Å². The van der Waals surface area contributed by atoms with Crippen LogP contribution >= 0.6 is 27.5 Å². The SMILES string of the molecule is C#CCOc1c(Br)cc(CNc2ccc(Cl)cc2)cc1OC. The van der Waals surface area contributed by atoms with Crippen molar-refractivity contribution in [2.45, 2.75) is 6.54 Å². The van der Waals surface area contributed by atoms with Gasteiger partial charge in [-0.1, -0.05) is 17.5 Å². The van der Waals surface area contributed by atoms with Crippen LogP contribution in [0.5, 0.6) is 11.5 Å². The molecule has 2 aromatic rings. The number of halogens is 2. The van der Waals surface area contributed by atoms with E-state index >= 15 is 0 Å². The fraction of sp³-hybridized carbons (Fsp3) is 0.176. The van der Waals surface area contributed by atoms with E-state index in [0.717, 1.165) is 15.7 Å². The molecule has 0 radical (unpaired) electrons. The molecule has 0 saturated carbocycles. The van der Waals surface area contributed by atoms with Gasteiger partial charge in [0, 0.05) is 17.3 Å². The fourth-order valence-electron chi connectivity index (χ4n) is 1.90. The minimum absolute atomic E-state index is 0.192. The molecule has 114 valence electrons. The molecule has 0 aliphatic carbocycles. The first-order chi connectivity index (χ1) is 10.6. The third-order valence-electron chi connectivity index (χ3n) is 2.93. The normalized spacial score (nSPS) is 9.91.